The highest BCUT2D eigenvalue weighted by atomic mass is 35.5. The molecule has 0 aliphatic carbocycles. The van der Waals surface area contributed by atoms with Gasteiger partial charge < -0.3 is 5.32 Å². The van der Waals surface area contributed by atoms with Crippen LogP contribution >= 0.6 is 23.2 Å². The van der Waals surface area contributed by atoms with Gasteiger partial charge in [0.15, 0.2) is 5.15 Å². The Balaban J connectivity index is 1.99. The summed E-state index contributed by atoms with van der Waals surface area (Å²) in [6.07, 6.45) is 1.19. The third kappa shape index (κ3) is 3.59. The molecule has 1 amide bonds. The first-order valence-corrected chi connectivity index (χ1v) is 6.54. The van der Waals surface area contributed by atoms with Crippen LogP contribution < -0.4 is 10.9 Å². The Morgan fingerprint density at radius 1 is 1.25 bits per heavy atom. The lowest BCUT2D eigenvalue weighted by atomic mass is 10.2. The molecular formula is C13H11Cl2N3O2. The zero-order valence-electron chi connectivity index (χ0n) is 10.3. The van der Waals surface area contributed by atoms with Crippen molar-refractivity contribution in [2.24, 2.45) is 0 Å². The van der Waals surface area contributed by atoms with Gasteiger partial charge in [0.1, 0.15) is 11.6 Å². The van der Waals surface area contributed by atoms with Crippen molar-refractivity contribution in [3.63, 3.8) is 0 Å². The Kier molecular flexibility index (Phi) is 4.76. The molecule has 0 aliphatic rings. The topological polar surface area (TPSA) is 64.0 Å². The number of hydrogen-bond acceptors (Lipinski definition) is 3. The first-order valence-electron chi connectivity index (χ1n) is 5.79. The molecule has 5 nitrogen and oxygen atoms in total. The van der Waals surface area contributed by atoms with Gasteiger partial charge in [-0.05, 0) is 5.56 Å². The van der Waals surface area contributed by atoms with E-state index in [4.69, 9.17) is 23.2 Å². The van der Waals surface area contributed by atoms with Crippen LogP contribution in [0, 0.1) is 0 Å². The molecule has 1 heterocycles. The molecule has 2 aromatic rings. The third-order valence-corrected chi connectivity index (χ3v) is 3.31. The Morgan fingerprint density at radius 2 is 1.95 bits per heavy atom. The van der Waals surface area contributed by atoms with Crippen molar-refractivity contribution in [3.05, 3.63) is 62.8 Å². The summed E-state index contributed by atoms with van der Waals surface area (Å²) in [6, 6.07) is 9.45. The molecule has 0 aliphatic heterocycles. The number of carbonyl (C=O) groups excluding carboxylic acids is 1. The lowest BCUT2D eigenvalue weighted by Crippen LogP contribution is -2.32. The molecule has 0 saturated heterocycles. The average molecular weight is 312 g/mol. The van der Waals surface area contributed by atoms with Crippen LogP contribution in [0.5, 0.6) is 0 Å². The van der Waals surface area contributed by atoms with E-state index in [9.17, 15) is 9.59 Å². The maximum atomic E-state index is 11.8. The summed E-state index contributed by atoms with van der Waals surface area (Å²) >= 11 is 11.3. The quantitative estimate of drug-likeness (QED) is 0.877. The molecule has 1 aromatic carbocycles. The number of aromatic nitrogens is 2. The molecule has 1 aromatic heterocycles. The van der Waals surface area contributed by atoms with E-state index in [1.807, 2.05) is 30.3 Å². The van der Waals surface area contributed by atoms with Crippen LogP contribution in [0.2, 0.25) is 10.2 Å². The van der Waals surface area contributed by atoms with Gasteiger partial charge in [-0.15, -0.1) is 0 Å². The lowest BCUT2D eigenvalue weighted by molar-refractivity contribution is -0.121. The second-order valence-electron chi connectivity index (χ2n) is 4.04. The van der Waals surface area contributed by atoms with E-state index in [1.165, 1.54) is 6.33 Å². The molecule has 7 heteroatoms. The van der Waals surface area contributed by atoms with Crippen LogP contribution in [0.25, 0.3) is 0 Å². The summed E-state index contributed by atoms with van der Waals surface area (Å²) in [7, 11) is 0. The van der Waals surface area contributed by atoms with Crippen LogP contribution in [-0.2, 0) is 17.9 Å². The number of carbonyl (C=O) groups is 1. The largest absolute Gasteiger partial charge is 0.350 e. The Morgan fingerprint density at radius 3 is 2.65 bits per heavy atom. The predicted octanol–water partition coefficient (Wildman–Crippen LogP) is 1.87. The highest BCUT2D eigenvalue weighted by Gasteiger charge is 2.10. The molecule has 1 N–H and O–H groups in total. The number of nitrogens with one attached hydrogen (secondary N) is 1. The first-order chi connectivity index (χ1) is 9.58. The van der Waals surface area contributed by atoms with Crippen molar-refractivity contribution in [1.29, 1.82) is 0 Å². The molecule has 0 saturated carbocycles. The van der Waals surface area contributed by atoms with Crippen molar-refractivity contribution in [3.8, 4) is 0 Å². The van der Waals surface area contributed by atoms with E-state index in [-0.39, 0.29) is 22.6 Å². The van der Waals surface area contributed by atoms with Gasteiger partial charge in [0.05, 0.1) is 6.33 Å². The van der Waals surface area contributed by atoms with E-state index < -0.39 is 5.56 Å². The molecule has 0 unspecified atom stereocenters. The minimum absolute atomic E-state index is 0.0717. The van der Waals surface area contributed by atoms with E-state index in [0.29, 0.717) is 6.54 Å². The van der Waals surface area contributed by atoms with Crippen LogP contribution in [0.4, 0.5) is 0 Å². The summed E-state index contributed by atoms with van der Waals surface area (Å²) in [4.78, 5) is 27.2. The monoisotopic (exact) mass is 311 g/mol. The van der Waals surface area contributed by atoms with Gasteiger partial charge in [-0.3, -0.25) is 14.2 Å². The number of hydrogen-bond donors (Lipinski definition) is 1. The van der Waals surface area contributed by atoms with Crippen molar-refractivity contribution in [1.82, 2.24) is 14.9 Å². The Bertz CT molecular complexity index is 671. The summed E-state index contributed by atoms with van der Waals surface area (Å²) in [5.74, 6) is -0.309. The number of nitrogens with zero attached hydrogens (tertiary/aromatic N) is 2. The Hall–Kier alpha value is -1.85. The third-order valence-electron chi connectivity index (χ3n) is 2.59. The number of rotatable bonds is 4. The fourth-order valence-electron chi connectivity index (χ4n) is 1.56. The van der Waals surface area contributed by atoms with Gasteiger partial charge >= 0.3 is 0 Å². The minimum atomic E-state index is -0.540. The second-order valence-corrected chi connectivity index (χ2v) is 4.78. The first kappa shape index (κ1) is 14.6. The van der Waals surface area contributed by atoms with E-state index in [0.717, 1.165) is 10.1 Å². The predicted molar refractivity (Wildman–Crippen MR) is 76.8 cm³/mol. The van der Waals surface area contributed by atoms with Gasteiger partial charge in [0, 0.05) is 6.54 Å². The van der Waals surface area contributed by atoms with E-state index >= 15 is 0 Å². The highest BCUT2D eigenvalue weighted by Crippen LogP contribution is 2.12. The van der Waals surface area contributed by atoms with Crippen LogP contribution in [-0.4, -0.2) is 15.5 Å². The van der Waals surface area contributed by atoms with Gasteiger partial charge in [-0.1, -0.05) is 53.5 Å². The minimum Gasteiger partial charge on any atom is -0.350 e. The SMILES string of the molecule is O=C(Cn1cnc(Cl)c(Cl)c1=O)NCc1ccccc1. The molecule has 20 heavy (non-hydrogen) atoms. The smallest absolute Gasteiger partial charge is 0.274 e. The summed E-state index contributed by atoms with van der Waals surface area (Å²) < 4.78 is 1.11. The molecule has 0 fully saturated rings. The van der Waals surface area contributed by atoms with Crippen LogP contribution in [0.1, 0.15) is 5.56 Å². The summed E-state index contributed by atoms with van der Waals surface area (Å²) in [5.41, 5.74) is 0.432. The molecule has 104 valence electrons. The maximum absolute atomic E-state index is 11.8. The normalized spacial score (nSPS) is 10.3. The van der Waals surface area contributed by atoms with E-state index in [1.54, 1.807) is 0 Å². The maximum Gasteiger partial charge on any atom is 0.274 e. The van der Waals surface area contributed by atoms with Crippen molar-refractivity contribution < 1.29 is 4.79 Å². The molecule has 0 radical (unpaired) electrons. The zero-order chi connectivity index (χ0) is 14.5. The van der Waals surface area contributed by atoms with E-state index in [2.05, 4.69) is 10.3 Å². The summed E-state index contributed by atoms with van der Waals surface area (Å²) in [6.45, 7) is 0.235. The lowest BCUT2D eigenvalue weighted by Gasteiger charge is -2.07. The second kappa shape index (κ2) is 6.54. The zero-order valence-corrected chi connectivity index (χ0v) is 11.9. The Labute approximate surface area is 125 Å². The number of halogens is 2. The van der Waals surface area contributed by atoms with Crippen LogP contribution in [0.3, 0.4) is 0 Å². The van der Waals surface area contributed by atoms with Gasteiger partial charge in [0.2, 0.25) is 5.91 Å². The highest BCUT2D eigenvalue weighted by molar-refractivity contribution is 6.40. The van der Waals surface area contributed by atoms with Crippen molar-refractivity contribution in [2.75, 3.05) is 0 Å². The van der Waals surface area contributed by atoms with Crippen molar-refractivity contribution in [2.45, 2.75) is 13.1 Å². The van der Waals surface area contributed by atoms with Gasteiger partial charge in [-0.2, -0.15) is 0 Å². The molecular weight excluding hydrogens is 301 g/mol. The summed E-state index contributed by atoms with van der Waals surface area (Å²) in [5, 5.41) is 2.44. The fourth-order valence-corrected chi connectivity index (χ4v) is 1.85. The fraction of sp³-hybridized carbons (Fsp3) is 0.154. The van der Waals surface area contributed by atoms with Gasteiger partial charge in [0.25, 0.3) is 5.56 Å². The molecule has 2 rings (SSSR count). The molecule has 0 spiro atoms. The van der Waals surface area contributed by atoms with Gasteiger partial charge in [-0.25, -0.2) is 4.98 Å². The number of amides is 1. The van der Waals surface area contributed by atoms with Crippen molar-refractivity contribution >= 4 is 29.1 Å². The number of benzene rings is 1. The van der Waals surface area contributed by atoms with Crippen LogP contribution in [0.15, 0.2) is 41.5 Å². The standard InChI is InChI=1S/C13H11Cl2N3O2/c14-11-12(15)17-8-18(13(11)20)7-10(19)16-6-9-4-2-1-3-5-9/h1-5,8H,6-7H2,(H,16,19). The average Bonchev–Trinajstić information content (AvgIpc) is 2.47. The molecule has 0 bridgehead atoms. The molecule has 0 atom stereocenters.